The van der Waals surface area contributed by atoms with Gasteiger partial charge in [0.15, 0.2) is 0 Å². The number of hydrogen-bond acceptors (Lipinski definition) is 3. The highest BCUT2D eigenvalue weighted by Gasteiger charge is 2.22. The van der Waals surface area contributed by atoms with E-state index in [0.29, 0.717) is 24.7 Å². The van der Waals surface area contributed by atoms with Gasteiger partial charge in [0.2, 0.25) is 5.91 Å². The van der Waals surface area contributed by atoms with E-state index < -0.39 is 0 Å². The Labute approximate surface area is 97.4 Å². The Morgan fingerprint density at radius 1 is 1.44 bits per heavy atom. The fourth-order valence-corrected chi connectivity index (χ4v) is 2.12. The number of nitrogens with one attached hydrogen (secondary N) is 1. The molecular weight excluding hydrogens is 204 g/mol. The Balaban J connectivity index is 2.12. The molecule has 92 valence electrons. The normalized spacial score (nSPS) is 21.0. The molecule has 0 aliphatic carbocycles. The van der Waals surface area contributed by atoms with Crippen LogP contribution in [-0.4, -0.2) is 42.3 Å². The van der Waals surface area contributed by atoms with Gasteiger partial charge in [-0.2, -0.15) is 0 Å². The predicted molar refractivity (Wildman–Crippen MR) is 63.2 cm³/mol. The van der Waals surface area contributed by atoms with Gasteiger partial charge in [0.25, 0.3) is 0 Å². The molecule has 4 heteroatoms. The number of hydrogen-bond donors (Lipinski definition) is 1. The van der Waals surface area contributed by atoms with E-state index in [-0.39, 0.29) is 5.91 Å². The molecule has 1 heterocycles. The molecule has 1 unspecified atom stereocenters. The molecule has 1 rings (SSSR count). The summed E-state index contributed by atoms with van der Waals surface area (Å²) in [6.45, 7) is 6.40. The first-order chi connectivity index (χ1) is 7.61. The van der Waals surface area contributed by atoms with Gasteiger partial charge in [-0.15, -0.1) is 0 Å². The highest BCUT2D eigenvalue weighted by atomic mass is 16.1. The summed E-state index contributed by atoms with van der Waals surface area (Å²) in [7, 11) is 0. The lowest BCUT2D eigenvalue weighted by Crippen LogP contribution is -2.35. The second-order valence-electron chi connectivity index (χ2n) is 4.48. The van der Waals surface area contributed by atoms with E-state index in [0.717, 1.165) is 32.5 Å². The van der Waals surface area contributed by atoms with E-state index in [2.05, 4.69) is 10.2 Å². The fourth-order valence-electron chi connectivity index (χ4n) is 2.12. The third kappa shape index (κ3) is 4.75. The van der Waals surface area contributed by atoms with Gasteiger partial charge in [-0.05, 0) is 19.4 Å². The van der Waals surface area contributed by atoms with E-state index >= 15 is 0 Å². The lowest BCUT2D eigenvalue weighted by molar-refractivity contribution is -0.120. The monoisotopic (exact) mass is 226 g/mol. The van der Waals surface area contributed by atoms with Crippen LogP contribution >= 0.6 is 0 Å². The van der Waals surface area contributed by atoms with E-state index in [9.17, 15) is 9.59 Å². The topological polar surface area (TPSA) is 49.4 Å². The third-order valence-electron chi connectivity index (χ3n) is 3.00. The average molecular weight is 226 g/mol. The quantitative estimate of drug-likeness (QED) is 0.734. The van der Waals surface area contributed by atoms with Crippen LogP contribution < -0.4 is 5.32 Å². The first-order valence-corrected chi connectivity index (χ1v) is 6.13. The number of rotatable bonds is 6. The fraction of sp³-hybridized carbons (Fsp3) is 0.833. The minimum atomic E-state index is 0.0491. The zero-order valence-electron chi connectivity index (χ0n) is 10.3. The molecule has 1 saturated heterocycles. The van der Waals surface area contributed by atoms with Gasteiger partial charge in [-0.1, -0.05) is 6.92 Å². The van der Waals surface area contributed by atoms with Crippen molar-refractivity contribution in [2.75, 3.05) is 19.6 Å². The molecule has 0 radical (unpaired) electrons. The summed E-state index contributed by atoms with van der Waals surface area (Å²) in [5.74, 6) is 0.394. The van der Waals surface area contributed by atoms with Crippen LogP contribution in [0.25, 0.3) is 0 Å². The smallest absolute Gasteiger partial charge is 0.217 e. The first kappa shape index (κ1) is 13.2. The van der Waals surface area contributed by atoms with Crippen molar-refractivity contribution in [3.8, 4) is 0 Å². The number of carbonyl (C=O) groups is 2. The van der Waals surface area contributed by atoms with Crippen LogP contribution in [0.5, 0.6) is 0 Å². The van der Waals surface area contributed by atoms with Crippen molar-refractivity contribution in [1.29, 1.82) is 0 Å². The minimum absolute atomic E-state index is 0.0491. The maximum Gasteiger partial charge on any atom is 0.217 e. The summed E-state index contributed by atoms with van der Waals surface area (Å²) >= 11 is 0. The van der Waals surface area contributed by atoms with Crippen LogP contribution in [0.3, 0.4) is 0 Å². The highest BCUT2D eigenvalue weighted by Crippen LogP contribution is 2.10. The maximum atomic E-state index is 11.1. The molecule has 16 heavy (non-hydrogen) atoms. The van der Waals surface area contributed by atoms with Gasteiger partial charge >= 0.3 is 0 Å². The van der Waals surface area contributed by atoms with Gasteiger partial charge in [0.1, 0.15) is 5.78 Å². The maximum absolute atomic E-state index is 11.1. The van der Waals surface area contributed by atoms with Gasteiger partial charge < -0.3 is 10.2 Å². The Hall–Kier alpha value is -0.900. The van der Waals surface area contributed by atoms with E-state index in [1.165, 1.54) is 0 Å². The van der Waals surface area contributed by atoms with E-state index in [4.69, 9.17) is 0 Å². The Bertz CT molecular complexity index is 253. The molecule has 4 nitrogen and oxygen atoms in total. The molecule has 0 saturated carbocycles. The lowest BCUT2D eigenvalue weighted by atomic mass is 10.2. The van der Waals surface area contributed by atoms with Crippen molar-refractivity contribution in [3.63, 3.8) is 0 Å². The molecule has 1 fully saturated rings. The van der Waals surface area contributed by atoms with Crippen LogP contribution in [-0.2, 0) is 9.59 Å². The summed E-state index contributed by atoms with van der Waals surface area (Å²) in [6, 6.07) is 0.305. The molecule has 1 amide bonds. The number of ketones is 1. The summed E-state index contributed by atoms with van der Waals surface area (Å²) in [5, 5.41) is 2.93. The van der Waals surface area contributed by atoms with Crippen molar-refractivity contribution < 1.29 is 9.59 Å². The molecular formula is C12H22N2O2. The van der Waals surface area contributed by atoms with E-state index in [1.54, 1.807) is 6.92 Å². The van der Waals surface area contributed by atoms with E-state index in [1.807, 2.05) is 6.92 Å². The minimum Gasteiger partial charge on any atom is -0.352 e. The molecule has 0 bridgehead atoms. The van der Waals surface area contributed by atoms with Crippen molar-refractivity contribution in [3.05, 3.63) is 0 Å². The zero-order valence-corrected chi connectivity index (χ0v) is 10.3. The SMILES string of the molecule is CCC(=O)CCCN1CCC(NC(C)=O)C1. The lowest BCUT2D eigenvalue weighted by Gasteiger charge is -2.15. The van der Waals surface area contributed by atoms with Crippen molar-refractivity contribution >= 4 is 11.7 Å². The van der Waals surface area contributed by atoms with Crippen LogP contribution in [0.2, 0.25) is 0 Å². The second kappa shape index (κ2) is 6.63. The van der Waals surface area contributed by atoms with Gasteiger partial charge in [0, 0.05) is 38.9 Å². The molecule has 0 aromatic heterocycles. The molecule has 1 aliphatic heterocycles. The van der Waals surface area contributed by atoms with Gasteiger partial charge in [-0.25, -0.2) is 0 Å². The van der Waals surface area contributed by atoms with Crippen LogP contribution in [0.15, 0.2) is 0 Å². The summed E-state index contributed by atoms with van der Waals surface area (Å²) < 4.78 is 0. The molecule has 0 spiro atoms. The standard InChI is InChI=1S/C12H22N2O2/c1-3-12(16)5-4-7-14-8-6-11(9-14)13-10(2)15/h11H,3-9H2,1-2H3,(H,13,15). The van der Waals surface area contributed by atoms with Crippen LogP contribution in [0.1, 0.15) is 39.5 Å². The van der Waals surface area contributed by atoms with Crippen molar-refractivity contribution in [2.24, 2.45) is 0 Å². The Morgan fingerprint density at radius 2 is 2.19 bits per heavy atom. The number of amides is 1. The van der Waals surface area contributed by atoms with Crippen molar-refractivity contribution in [1.82, 2.24) is 10.2 Å². The molecule has 0 aromatic rings. The number of Topliss-reactive ketones (excluding diaryl/α,β-unsaturated/α-hetero) is 1. The largest absolute Gasteiger partial charge is 0.352 e. The number of nitrogens with zero attached hydrogens (tertiary/aromatic N) is 1. The highest BCUT2D eigenvalue weighted by molar-refractivity contribution is 5.77. The third-order valence-corrected chi connectivity index (χ3v) is 3.00. The number of likely N-dealkylation sites (tertiary alicyclic amines) is 1. The van der Waals surface area contributed by atoms with Crippen LogP contribution in [0.4, 0.5) is 0 Å². The van der Waals surface area contributed by atoms with Crippen molar-refractivity contribution in [2.45, 2.75) is 45.6 Å². The summed E-state index contributed by atoms with van der Waals surface area (Å²) in [5.41, 5.74) is 0. The summed E-state index contributed by atoms with van der Waals surface area (Å²) in [4.78, 5) is 24.3. The predicted octanol–water partition coefficient (Wildman–Crippen LogP) is 0.956. The second-order valence-corrected chi connectivity index (χ2v) is 4.48. The summed E-state index contributed by atoms with van der Waals surface area (Å²) in [6.07, 6.45) is 3.31. The molecule has 1 aliphatic rings. The zero-order chi connectivity index (χ0) is 12.0. The average Bonchev–Trinajstić information content (AvgIpc) is 2.64. The van der Waals surface area contributed by atoms with Crippen LogP contribution in [0, 0.1) is 0 Å². The van der Waals surface area contributed by atoms with Gasteiger partial charge in [0.05, 0.1) is 0 Å². The molecule has 1 N–H and O–H groups in total. The number of carbonyl (C=O) groups excluding carboxylic acids is 2. The van der Waals surface area contributed by atoms with Gasteiger partial charge in [-0.3, -0.25) is 9.59 Å². The Kier molecular flexibility index (Phi) is 5.46. The molecule has 0 aromatic carbocycles. The molecule has 1 atom stereocenters. The Morgan fingerprint density at radius 3 is 2.81 bits per heavy atom. The first-order valence-electron chi connectivity index (χ1n) is 6.13.